The fourth-order valence-corrected chi connectivity index (χ4v) is 4.04. The van der Waals surface area contributed by atoms with E-state index in [0.717, 1.165) is 12.1 Å². The quantitative estimate of drug-likeness (QED) is 0.585. The molecule has 0 aliphatic carbocycles. The highest BCUT2D eigenvalue weighted by atomic mass is 32.2. The second-order valence-electron chi connectivity index (χ2n) is 6.12. The van der Waals surface area contributed by atoms with Gasteiger partial charge in [0.05, 0.1) is 36.4 Å². The molecule has 9 heteroatoms. The Kier molecular flexibility index (Phi) is 5.85. The Bertz CT molecular complexity index is 987. The molecule has 0 atom stereocenters. The third kappa shape index (κ3) is 5.20. The molecule has 3 rings (SSSR count). The molecule has 0 spiro atoms. The normalized spacial score (nSPS) is 12.4. The van der Waals surface area contributed by atoms with Gasteiger partial charge in [0.25, 0.3) is 0 Å². The van der Waals surface area contributed by atoms with Crippen LogP contribution in [0.3, 0.4) is 0 Å². The summed E-state index contributed by atoms with van der Waals surface area (Å²) in [5.74, 6) is 0.0190. The molecule has 0 aliphatic heterocycles. The molecule has 0 amide bonds. The lowest BCUT2D eigenvalue weighted by Crippen LogP contribution is -2.31. The molecule has 0 bridgehead atoms. The van der Waals surface area contributed by atoms with Crippen molar-refractivity contribution in [3.8, 4) is 0 Å². The largest absolute Gasteiger partial charge is 0.468 e. The Morgan fingerprint density at radius 1 is 0.964 bits per heavy atom. The van der Waals surface area contributed by atoms with Crippen molar-refractivity contribution in [2.45, 2.75) is 25.0 Å². The standard InChI is InChI=1S/C19H17F3N2O3S/c20-19(21,22)16-8-6-15(7-9-16)14-28(25,26)24(13-18-5-3-11-27-18)12-17-4-1-2-10-23-17/h1-11H,12-14H2. The summed E-state index contributed by atoms with van der Waals surface area (Å²) in [6.07, 6.45) is -1.47. The van der Waals surface area contributed by atoms with Gasteiger partial charge in [0, 0.05) is 6.20 Å². The van der Waals surface area contributed by atoms with E-state index in [1.165, 1.54) is 22.7 Å². The van der Waals surface area contributed by atoms with Crippen molar-refractivity contribution in [1.29, 1.82) is 0 Å². The first-order chi connectivity index (χ1) is 13.2. The number of furan rings is 1. The highest BCUT2D eigenvalue weighted by Gasteiger charge is 2.30. The topological polar surface area (TPSA) is 63.4 Å². The van der Waals surface area contributed by atoms with Gasteiger partial charge in [-0.25, -0.2) is 8.42 Å². The molecule has 0 radical (unpaired) electrons. The SMILES string of the molecule is O=S(=O)(Cc1ccc(C(F)(F)F)cc1)N(Cc1ccccn1)Cc1ccco1. The van der Waals surface area contributed by atoms with Crippen LogP contribution >= 0.6 is 0 Å². The molecule has 0 unspecified atom stereocenters. The molecule has 28 heavy (non-hydrogen) atoms. The van der Waals surface area contributed by atoms with Crippen LogP contribution in [0.15, 0.2) is 71.5 Å². The molecule has 5 nitrogen and oxygen atoms in total. The van der Waals surface area contributed by atoms with Crippen LogP contribution in [0.5, 0.6) is 0 Å². The van der Waals surface area contributed by atoms with E-state index < -0.39 is 27.5 Å². The summed E-state index contributed by atoms with van der Waals surface area (Å²) in [5.41, 5.74) is -0.0157. The maximum absolute atomic E-state index is 12.9. The zero-order chi connectivity index (χ0) is 20.2. The van der Waals surface area contributed by atoms with E-state index in [1.807, 2.05) is 0 Å². The molecule has 1 aromatic carbocycles. The van der Waals surface area contributed by atoms with Crippen LogP contribution in [0.2, 0.25) is 0 Å². The Morgan fingerprint density at radius 2 is 1.71 bits per heavy atom. The lowest BCUT2D eigenvalue weighted by atomic mass is 10.1. The van der Waals surface area contributed by atoms with Gasteiger partial charge < -0.3 is 4.42 Å². The Morgan fingerprint density at radius 3 is 2.29 bits per heavy atom. The van der Waals surface area contributed by atoms with E-state index in [2.05, 4.69) is 4.98 Å². The third-order valence-electron chi connectivity index (χ3n) is 4.00. The van der Waals surface area contributed by atoms with E-state index in [1.54, 1.807) is 36.5 Å². The fourth-order valence-electron chi connectivity index (χ4n) is 2.59. The van der Waals surface area contributed by atoms with Crippen molar-refractivity contribution in [3.05, 3.63) is 89.6 Å². The van der Waals surface area contributed by atoms with Gasteiger partial charge in [-0.1, -0.05) is 18.2 Å². The molecular formula is C19H17F3N2O3S. The minimum atomic E-state index is -4.47. The summed E-state index contributed by atoms with van der Waals surface area (Å²) >= 11 is 0. The van der Waals surface area contributed by atoms with Gasteiger partial charge in [-0.3, -0.25) is 4.98 Å². The van der Waals surface area contributed by atoms with Crippen molar-refractivity contribution in [3.63, 3.8) is 0 Å². The number of alkyl halides is 3. The van der Waals surface area contributed by atoms with E-state index in [4.69, 9.17) is 4.42 Å². The number of nitrogens with zero attached hydrogens (tertiary/aromatic N) is 2. The number of rotatable bonds is 7. The minimum absolute atomic E-state index is 0.00740. The summed E-state index contributed by atoms with van der Waals surface area (Å²) < 4.78 is 70.4. The molecule has 0 aliphatic rings. The van der Waals surface area contributed by atoms with Crippen molar-refractivity contribution >= 4 is 10.0 Å². The molecule has 0 N–H and O–H groups in total. The number of benzene rings is 1. The first-order valence-corrected chi connectivity index (χ1v) is 9.91. The van der Waals surface area contributed by atoms with Gasteiger partial charge in [0.2, 0.25) is 10.0 Å². The highest BCUT2D eigenvalue weighted by Crippen LogP contribution is 2.29. The van der Waals surface area contributed by atoms with Crippen LogP contribution in [-0.4, -0.2) is 17.7 Å². The number of halogens is 3. The average Bonchev–Trinajstić information content (AvgIpc) is 3.15. The Hall–Kier alpha value is -2.65. The number of hydrogen-bond donors (Lipinski definition) is 0. The Labute approximate surface area is 160 Å². The van der Waals surface area contributed by atoms with Gasteiger partial charge >= 0.3 is 6.18 Å². The molecular weight excluding hydrogens is 393 g/mol. The van der Waals surface area contributed by atoms with E-state index in [-0.39, 0.29) is 18.7 Å². The maximum Gasteiger partial charge on any atom is 0.416 e. The smallest absolute Gasteiger partial charge is 0.416 e. The van der Waals surface area contributed by atoms with Crippen LogP contribution in [0, 0.1) is 0 Å². The number of sulfonamides is 1. The average molecular weight is 410 g/mol. The first-order valence-electron chi connectivity index (χ1n) is 8.30. The van der Waals surface area contributed by atoms with Gasteiger partial charge in [-0.2, -0.15) is 17.5 Å². The van der Waals surface area contributed by atoms with Gasteiger partial charge in [0.1, 0.15) is 5.76 Å². The Balaban J connectivity index is 1.82. The van der Waals surface area contributed by atoms with Crippen LogP contribution in [0.4, 0.5) is 13.2 Å². The number of pyridine rings is 1. The predicted molar refractivity (Wildman–Crippen MR) is 96.3 cm³/mol. The van der Waals surface area contributed by atoms with Crippen molar-refractivity contribution in [2.24, 2.45) is 0 Å². The van der Waals surface area contributed by atoms with Crippen LogP contribution in [-0.2, 0) is 35.0 Å². The van der Waals surface area contributed by atoms with Crippen molar-refractivity contribution in [2.75, 3.05) is 0 Å². The zero-order valence-corrected chi connectivity index (χ0v) is 15.4. The van der Waals surface area contributed by atoms with Gasteiger partial charge in [-0.05, 0) is 42.0 Å². The lowest BCUT2D eigenvalue weighted by molar-refractivity contribution is -0.137. The van der Waals surface area contributed by atoms with E-state index in [0.29, 0.717) is 11.5 Å². The maximum atomic E-state index is 12.9. The summed E-state index contributed by atoms with van der Waals surface area (Å²) in [7, 11) is -3.85. The van der Waals surface area contributed by atoms with Crippen LogP contribution < -0.4 is 0 Å². The molecule has 148 valence electrons. The molecule has 0 fully saturated rings. The number of aromatic nitrogens is 1. The van der Waals surface area contributed by atoms with Crippen molar-refractivity contribution < 1.29 is 26.0 Å². The molecule has 0 saturated carbocycles. The van der Waals surface area contributed by atoms with Crippen LogP contribution in [0.1, 0.15) is 22.6 Å². The monoisotopic (exact) mass is 410 g/mol. The fraction of sp³-hybridized carbons (Fsp3) is 0.211. The molecule has 3 aromatic rings. The second kappa shape index (κ2) is 8.15. The van der Waals surface area contributed by atoms with Crippen molar-refractivity contribution in [1.82, 2.24) is 9.29 Å². The van der Waals surface area contributed by atoms with E-state index in [9.17, 15) is 21.6 Å². The minimum Gasteiger partial charge on any atom is -0.468 e. The summed E-state index contributed by atoms with van der Waals surface area (Å²) in [5, 5.41) is 0. The summed E-state index contributed by atoms with van der Waals surface area (Å²) in [6, 6.07) is 12.6. The van der Waals surface area contributed by atoms with Gasteiger partial charge in [0.15, 0.2) is 0 Å². The first kappa shape index (κ1) is 20.1. The molecule has 0 saturated heterocycles. The number of hydrogen-bond acceptors (Lipinski definition) is 4. The van der Waals surface area contributed by atoms with E-state index >= 15 is 0 Å². The zero-order valence-electron chi connectivity index (χ0n) is 14.6. The van der Waals surface area contributed by atoms with Gasteiger partial charge in [-0.15, -0.1) is 0 Å². The second-order valence-corrected chi connectivity index (χ2v) is 8.09. The third-order valence-corrected chi connectivity index (χ3v) is 5.74. The lowest BCUT2D eigenvalue weighted by Gasteiger charge is -2.21. The highest BCUT2D eigenvalue weighted by molar-refractivity contribution is 7.88. The predicted octanol–water partition coefficient (Wildman–Crippen LogP) is 4.23. The molecule has 2 aromatic heterocycles. The summed E-state index contributed by atoms with van der Waals surface area (Å²) in [4.78, 5) is 4.15. The summed E-state index contributed by atoms with van der Waals surface area (Å²) in [6.45, 7) is 0.0110. The molecule has 2 heterocycles. The van der Waals surface area contributed by atoms with Crippen LogP contribution in [0.25, 0.3) is 0 Å².